The molecule has 0 radical (unpaired) electrons. The van der Waals surface area contributed by atoms with Crippen molar-refractivity contribution in [2.45, 2.75) is 32.9 Å². The van der Waals surface area contributed by atoms with Crippen LogP contribution in [0.1, 0.15) is 37.6 Å². The molecular weight excluding hydrogens is 279 g/mol. The van der Waals surface area contributed by atoms with E-state index in [0.717, 1.165) is 6.42 Å². The van der Waals surface area contributed by atoms with Crippen molar-refractivity contribution in [2.75, 3.05) is 6.54 Å². The summed E-state index contributed by atoms with van der Waals surface area (Å²) in [6.07, 6.45) is 2.44. The van der Waals surface area contributed by atoms with Gasteiger partial charge in [-0.2, -0.15) is 5.10 Å². The maximum absolute atomic E-state index is 14.0. The zero-order valence-corrected chi connectivity index (χ0v) is 12.0. The Morgan fingerprint density at radius 3 is 2.43 bits per heavy atom. The van der Waals surface area contributed by atoms with Gasteiger partial charge in [0.15, 0.2) is 0 Å². The standard InChI is InChI=1S/C15H18F3N3/c1-3-7-21-13(5-6-20-21)15(19-4-2)14-11(17)8-10(16)9-12(14)18/h5-6,8-9,15,19H,3-4,7H2,1-2H3. The molecule has 0 aliphatic carbocycles. The Hall–Kier alpha value is -1.82. The van der Waals surface area contributed by atoms with Gasteiger partial charge < -0.3 is 5.32 Å². The highest BCUT2D eigenvalue weighted by molar-refractivity contribution is 5.31. The number of benzene rings is 1. The molecule has 2 rings (SSSR count). The van der Waals surface area contributed by atoms with Gasteiger partial charge in [-0.1, -0.05) is 13.8 Å². The average Bonchev–Trinajstić information content (AvgIpc) is 2.85. The van der Waals surface area contributed by atoms with Gasteiger partial charge in [-0.3, -0.25) is 4.68 Å². The normalized spacial score (nSPS) is 12.6. The first-order chi connectivity index (χ1) is 10.1. The second kappa shape index (κ2) is 6.76. The van der Waals surface area contributed by atoms with Crippen LogP contribution in [0.3, 0.4) is 0 Å². The lowest BCUT2D eigenvalue weighted by molar-refractivity contribution is 0.467. The molecule has 1 atom stereocenters. The largest absolute Gasteiger partial charge is 0.305 e. The van der Waals surface area contributed by atoms with E-state index in [0.29, 0.717) is 30.9 Å². The molecule has 1 N–H and O–H groups in total. The first kappa shape index (κ1) is 15.6. The van der Waals surface area contributed by atoms with Crippen LogP contribution >= 0.6 is 0 Å². The third kappa shape index (κ3) is 3.26. The van der Waals surface area contributed by atoms with Crippen LogP contribution in [0.4, 0.5) is 13.2 Å². The van der Waals surface area contributed by atoms with Gasteiger partial charge in [0.1, 0.15) is 17.5 Å². The van der Waals surface area contributed by atoms with Gasteiger partial charge in [0.25, 0.3) is 0 Å². The second-order valence-electron chi connectivity index (χ2n) is 4.75. The van der Waals surface area contributed by atoms with Crippen LogP contribution < -0.4 is 5.32 Å². The summed E-state index contributed by atoms with van der Waals surface area (Å²) in [7, 11) is 0. The molecule has 0 aliphatic rings. The molecule has 114 valence electrons. The van der Waals surface area contributed by atoms with E-state index in [1.165, 1.54) is 0 Å². The zero-order chi connectivity index (χ0) is 15.4. The fraction of sp³-hybridized carbons (Fsp3) is 0.400. The van der Waals surface area contributed by atoms with Crippen molar-refractivity contribution in [3.8, 4) is 0 Å². The lowest BCUT2D eigenvalue weighted by atomic mass is 10.0. The highest BCUT2D eigenvalue weighted by Crippen LogP contribution is 2.27. The molecule has 3 nitrogen and oxygen atoms in total. The molecule has 0 bridgehead atoms. The summed E-state index contributed by atoms with van der Waals surface area (Å²) in [5.41, 5.74) is 0.471. The maximum atomic E-state index is 14.0. The van der Waals surface area contributed by atoms with Crippen molar-refractivity contribution >= 4 is 0 Å². The fourth-order valence-corrected chi connectivity index (χ4v) is 2.37. The minimum absolute atomic E-state index is 0.184. The average molecular weight is 297 g/mol. The van der Waals surface area contributed by atoms with Crippen LogP contribution in [0.5, 0.6) is 0 Å². The van der Waals surface area contributed by atoms with Crippen molar-refractivity contribution in [3.05, 3.63) is 53.1 Å². The zero-order valence-electron chi connectivity index (χ0n) is 12.0. The lowest BCUT2D eigenvalue weighted by Crippen LogP contribution is -2.27. The van der Waals surface area contributed by atoms with Crippen molar-refractivity contribution in [1.29, 1.82) is 0 Å². The molecule has 21 heavy (non-hydrogen) atoms. The van der Waals surface area contributed by atoms with Crippen LogP contribution in [-0.4, -0.2) is 16.3 Å². The van der Waals surface area contributed by atoms with Crippen molar-refractivity contribution in [1.82, 2.24) is 15.1 Å². The number of halogens is 3. The third-order valence-corrected chi connectivity index (χ3v) is 3.22. The molecule has 0 saturated carbocycles. The van der Waals surface area contributed by atoms with Crippen molar-refractivity contribution in [3.63, 3.8) is 0 Å². The van der Waals surface area contributed by atoms with E-state index in [-0.39, 0.29) is 5.56 Å². The number of hydrogen-bond acceptors (Lipinski definition) is 2. The number of hydrogen-bond donors (Lipinski definition) is 1. The Labute approximate surface area is 121 Å². The van der Waals surface area contributed by atoms with Crippen molar-refractivity contribution in [2.24, 2.45) is 0 Å². The van der Waals surface area contributed by atoms with Gasteiger partial charge in [-0.25, -0.2) is 13.2 Å². The molecule has 0 amide bonds. The predicted molar refractivity (Wildman–Crippen MR) is 74.4 cm³/mol. The number of rotatable bonds is 6. The van der Waals surface area contributed by atoms with E-state index in [1.807, 2.05) is 13.8 Å². The molecule has 0 fully saturated rings. The van der Waals surface area contributed by atoms with Crippen LogP contribution in [0.15, 0.2) is 24.4 Å². The van der Waals surface area contributed by atoms with E-state index in [9.17, 15) is 13.2 Å². The summed E-state index contributed by atoms with van der Waals surface area (Å²) in [5, 5.41) is 7.21. The SMILES string of the molecule is CCCn1nccc1C(NCC)c1c(F)cc(F)cc1F. The predicted octanol–water partition coefficient (Wildman–Crippen LogP) is 3.41. The maximum Gasteiger partial charge on any atom is 0.134 e. The summed E-state index contributed by atoms with van der Waals surface area (Å²) < 4.78 is 42.9. The fourth-order valence-electron chi connectivity index (χ4n) is 2.37. The Bertz CT molecular complexity index is 587. The second-order valence-corrected chi connectivity index (χ2v) is 4.75. The smallest absolute Gasteiger partial charge is 0.134 e. The van der Waals surface area contributed by atoms with Gasteiger partial charge in [0.2, 0.25) is 0 Å². The Kier molecular flexibility index (Phi) is 5.01. The topological polar surface area (TPSA) is 29.9 Å². The number of nitrogens with zero attached hydrogens (tertiary/aromatic N) is 2. The van der Waals surface area contributed by atoms with Gasteiger partial charge in [0, 0.05) is 30.4 Å². The Morgan fingerprint density at radius 1 is 1.19 bits per heavy atom. The first-order valence-electron chi connectivity index (χ1n) is 6.98. The molecule has 1 heterocycles. The molecule has 1 unspecified atom stereocenters. The molecule has 0 saturated heterocycles. The van der Waals surface area contributed by atoms with Crippen LogP contribution in [0, 0.1) is 17.5 Å². The van der Waals surface area contributed by atoms with E-state index < -0.39 is 23.5 Å². The Balaban J connectivity index is 2.51. The molecule has 1 aromatic carbocycles. The lowest BCUT2D eigenvalue weighted by Gasteiger charge is -2.21. The summed E-state index contributed by atoms with van der Waals surface area (Å²) >= 11 is 0. The molecule has 2 aromatic rings. The summed E-state index contributed by atoms with van der Waals surface area (Å²) in [6, 6.07) is 2.40. The van der Waals surface area contributed by atoms with Gasteiger partial charge in [-0.15, -0.1) is 0 Å². The molecule has 6 heteroatoms. The van der Waals surface area contributed by atoms with E-state index >= 15 is 0 Å². The molecule has 0 aliphatic heterocycles. The highest BCUT2D eigenvalue weighted by Gasteiger charge is 2.25. The number of aromatic nitrogens is 2. The van der Waals surface area contributed by atoms with Crippen LogP contribution in [-0.2, 0) is 6.54 Å². The molecule has 0 spiro atoms. The van der Waals surface area contributed by atoms with Gasteiger partial charge in [0.05, 0.1) is 11.7 Å². The van der Waals surface area contributed by atoms with Crippen LogP contribution in [0.25, 0.3) is 0 Å². The van der Waals surface area contributed by atoms with Gasteiger partial charge in [-0.05, 0) is 19.0 Å². The number of nitrogens with one attached hydrogen (secondary N) is 1. The van der Waals surface area contributed by atoms with Crippen molar-refractivity contribution < 1.29 is 13.2 Å². The van der Waals surface area contributed by atoms with E-state index in [2.05, 4.69) is 10.4 Å². The monoisotopic (exact) mass is 297 g/mol. The minimum Gasteiger partial charge on any atom is -0.305 e. The van der Waals surface area contributed by atoms with E-state index in [1.54, 1.807) is 16.9 Å². The summed E-state index contributed by atoms with van der Waals surface area (Å²) in [5.74, 6) is -2.73. The summed E-state index contributed by atoms with van der Waals surface area (Å²) in [6.45, 7) is 4.99. The van der Waals surface area contributed by atoms with E-state index in [4.69, 9.17) is 0 Å². The number of aryl methyl sites for hydroxylation is 1. The van der Waals surface area contributed by atoms with Crippen LogP contribution in [0.2, 0.25) is 0 Å². The molecule has 1 aromatic heterocycles. The first-order valence-corrected chi connectivity index (χ1v) is 6.98. The Morgan fingerprint density at radius 2 is 1.86 bits per heavy atom. The molecular formula is C15H18F3N3. The quantitative estimate of drug-likeness (QED) is 0.885. The van der Waals surface area contributed by atoms with Gasteiger partial charge >= 0.3 is 0 Å². The highest BCUT2D eigenvalue weighted by atomic mass is 19.1. The third-order valence-electron chi connectivity index (χ3n) is 3.22. The summed E-state index contributed by atoms with van der Waals surface area (Å²) in [4.78, 5) is 0. The minimum atomic E-state index is -0.925.